The standard InChI is InChI=1S/C14H21NO3/c1-18-14(17)7-4-8-15-9-11-5-2-3-6-13(16)12(11)10-15/h9-10,13,16H,2-8H2,1H3. The van der Waals surface area contributed by atoms with E-state index in [1.165, 1.54) is 12.7 Å². The molecular formula is C14H21NO3. The molecular weight excluding hydrogens is 230 g/mol. The van der Waals surface area contributed by atoms with Gasteiger partial charge in [0, 0.05) is 30.9 Å². The highest BCUT2D eigenvalue weighted by Crippen LogP contribution is 2.29. The fourth-order valence-electron chi connectivity index (χ4n) is 2.53. The van der Waals surface area contributed by atoms with Crippen LogP contribution in [0.4, 0.5) is 0 Å². The molecule has 4 heteroatoms. The summed E-state index contributed by atoms with van der Waals surface area (Å²) in [5.41, 5.74) is 2.34. The molecule has 0 saturated heterocycles. The zero-order chi connectivity index (χ0) is 13.0. The van der Waals surface area contributed by atoms with Gasteiger partial charge >= 0.3 is 5.97 Å². The number of hydrogen-bond acceptors (Lipinski definition) is 3. The molecule has 0 amide bonds. The van der Waals surface area contributed by atoms with Crippen molar-refractivity contribution in [1.29, 1.82) is 0 Å². The van der Waals surface area contributed by atoms with E-state index in [0.717, 1.165) is 44.2 Å². The summed E-state index contributed by atoms with van der Waals surface area (Å²) >= 11 is 0. The van der Waals surface area contributed by atoms with Gasteiger partial charge in [0.25, 0.3) is 0 Å². The number of nitrogens with zero attached hydrogens (tertiary/aromatic N) is 1. The molecule has 0 aromatic carbocycles. The number of carbonyl (C=O) groups is 1. The molecule has 0 bridgehead atoms. The first-order valence-corrected chi connectivity index (χ1v) is 6.64. The van der Waals surface area contributed by atoms with Gasteiger partial charge in [0.05, 0.1) is 13.2 Å². The fraction of sp³-hybridized carbons (Fsp3) is 0.643. The lowest BCUT2D eigenvalue weighted by Crippen LogP contribution is -2.03. The Morgan fingerprint density at radius 1 is 1.50 bits per heavy atom. The third-order valence-electron chi connectivity index (χ3n) is 3.55. The third-order valence-corrected chi connectivity index (χ3v) is 3.55. The van der Waals surface area contributed by atoms with E-state index >= 15 is 0 Å². The summed E-state index contributed by atoms with van der Waals surface area (Å²) in [5.74, 6) is -0.163. The van der Waals surface area contributed by atoms with Crippen LogP contribution in [0.1, 0.15) is 49.3 Å². The second-order valence-electron chi connectivity index (χ2n) is 4.92. The van der Waals surface area contributed by atoms with Crippen LogP contribution in [0.5, 0.6) is 0 Å². The highest BCUT2D eigenvalue weighted by molar-refractivity contribution is 5.68. The van der Waals surface area contributed by atoms with Crippen molar-refractivity contribution in [3.63, 3.8) is 0 Å². The predicted molar refractivity (Wildman–Crippen MR) is 68.2 cm³/mol. The highest BCUT2D eigenvalue weighted by Gasteiger charge is 2.18. The van der Waals surface area contributed by atoms with E-state index < -0.39 is 0 Å². The van der Waals surface area contributed by atoms with E-state index in [-0.39, 0.29) is 12.1 Å². The van der Waals surface area contributed by atoms with Crippen LogP contribution in [0.25, 0.3) is 0 Å². The third kappa shape index (κ3) is 3.13. The first-order chi connectivity index (χ1) is 8.70. The zero-order valence-corrected chi connectivity index (χ0v) is 10.9. The van der Waals surface area contributed by atoms with Crippen LogP contribution in [-0.4, -0.2) is 22.8 Å². The molecule has 1 aliphatic carbocycles. The molecule has 0 aliphatic heterocycles. The SMILES string of the molecule is COC(=O)CCCn1cc2c(c1)C(O)CCCC2. The predicted octanol–water partition coefficient (Wildman–Crippen LogP) is 2.20. The first-order valence-electron chi connectivity index (χ1n) is 6.64. The number of ether oxygens (including phenoxy) is 1. The molecule has 1 heterocycles. The maximum Gasteiger partial charge on any atom is 0.305 e. The van der Waals surface area contributed by atoms with Crippen molar-refractivity contribution >= 4 is 5.97 Å². The largest absolute Gasteiger partial charge is 0.469 e. The molecule has 4 nitrogen and oxygen atoms in total. The number of aromatic nitrogens is 1. The van der Waals surface area contributed by atoms with E-state index in [0.29, 0.717) is 6.42 Å². The van der Waals surface area contributed by atoms with Gasteiger partial charge in [0.1, 0.15) is 0 Å². The van der Waals surface area contributed by atoms with Gasteiger partial charge in [-0.25, -0.2) is 0 Å². The van der Waals surface area contributed by atoms with Gasteiger partial charge in [-0.3, -0.25) is 4.79 Å². The number of hydrogen-bond donors (Lipinski definition) is 1. The van der Waals surface area contributed by atoms with Gasteiger partial charge < -0.3 is 14.4 Å². The number of rotatable bonds is 4. The minimum Gasteiger partial charge on any atom is -0.469 e. The quantitative estimate of drug-likeness (QED) is 0.659. The number of aryl methyl sites for hydroxylation is 2. The Kier molecular flexibility index (Phi) is 4.42. The van der Waals surface area contributed by atoms with Crippen molar-refractivity contribution in [2.24, 2.45) is 0 Å². The number of esters is 1. The number of aliphatic hydroxyl groups is 1. The number of aliphatic hydroxyl groups excluding tert-OH is 1. The first kappa shape index (κ1) is 13.1. The lowest BCUT2D eigenvalue weighted by atomic mass is 10.1. The minimum absolute atomic E-state index is 0.163. The molecule has 18 heavy (non-hydrogen) atoms. The van der Waals surface area contributed by atoms with Gasteiger partial charge in [-0.2, -0.15) is 0 Å². The molecule has 1 aromatic heterocycles. The summed E-state index contributed by atoms with van der Waals surface area (Å²) in [6, 6.07) is 0. The Bertz CT molecular complexity index is 411. The zero-order valence-electron chi connectivity index (χ0n) is 10.9. The molecule has 0 saturated carbocycles. The van der Waals surface area contributed by atoms with E-state index in [1.54, 1.807) is 0 Å². The van der Waals surface area contributed by atoms with E-state index in [4.69, 9.17) is 0 Å². The maximum atomic E-state index is 11.0. The Morgan fingerprint density at radius 3 is 3.11 bits per heavy atom. The van der Waals surface area contributed by atoms with Gasteiger partial charge in [-0.15, -0.1) is 0 Å². The van der Waals surface area contributed by atoms with Crippen molar-refractivity contribution in [2.45, 2.75) is 51.2 Å². The van der Waals surface area contributed by atoms with Crippen LogP contribution in [0.2, 0.25) is 0 Å². The number of fused-ring (bicyclic) bond motifs is 1. The van der Waals surface area contributed by atoms with Crippen LogP contribution in [0, 0.1) is 0 Å². The fourth-order valence-corrected chi connectivity index (χ4v) is 2.53. The molecule has 1 aliphatic rings. The van der Waals surface area contributed by atoms with Crippen LogP contribution in [0.3, 0.4) is 0 Å². The van der Waals surface area contributed by atoms with Crippen LogP contribution < -0.4 is 0 Å². The highest BCUT2D eigenvalue weighted by atomic mass is 16.5. The van der Waals surface area contributed by atoms with Gasteiger partial charge in [-0.1, -0.05) is 6.42 Å². The van der Waals surface area contributed by atoms with Crippen LogP contribution in [0.15, 0.2) is 12.4 Å². The van der Waals surface area contributed by atoms with Crippen LogP contribution in [-0.2, 0) is 22.5 Å². The van der Waals surface area contributed by atoms with Gasteiger partial charge in [0.2, 0.25) is 0 Å². The van der Waals surface area contributed by atoms with Crippen molar-refractivity contribution in [3.8, 4) is 0 Å². The van der Waals surface area contributed by atoms with Crippen molar-refractivity contribution in [1.82, 2.24) is 4.57 Å². The van der Waals surface area contributed by atoms with E-state index in [2.05, 4.69) is 15.5 Å². The Morgan fingerprint density at radius 2 is 2.33 bits per heavy atom. The second-order valence-corrected chi connectivity index (χ2v) is 4.92. The van der Waals surface area contributed by atoms with Crippen molar-refractivity contribution in [2.75, 3.05) is 7.11 Å². The number of methoxy groups -OCH3 is 1. The molecule has 1 aromatic rings. The normalized spacial score (nSPS) is 19.1. The molecule has 1 N–H and O–H groups in total. The average Bonchev–Trinajstić information content (AvgIpc) is 2.70. The molecule has 0 spiro atoms. The molecule has 1 unspecified atom stereocenters. The van der Waals surface area contributed by atoms with E-state index in [9.17, 15) is 9.90 Å². The molecule has 100 valence electrons. The lowest BCUT2D eigenvalue weighted by molar-refractivity contribution is -0.140. The van der Waals surface area contributed by atoms with E-state index in [1.807, 2.05) is 6.20 Å². The average molecular weight is 251 g/mol. The van der Waals surface area contributed by atoms with Crippen molar-refractivity contribution in [3.05, 3.63) is 23.5 Å². The summed E-state index contributed by atoms with van der Waals surface area (Å²) in [6.07, 6.45) is 9.20. The monoisotopic (exact) mass is 251 g/mol. The number of carbonyl (C=O) groups excluding carboxylic acids is 1. The summed E-state index contributed by atoms with van der Waals surface area (Å²) in [7, 11) is 1.41. The second kappa shape index (κ2) is 6.05. The summed E-state index contributed by atoms with van der Waals surface area (Å²) in [5, 5.41) is 10.0. The Labute approximate surface area is 108 Å². The topological polar surface area (TPSA) is 51.5 Å². The summed E-state index contributed by atoms with van der Waals surface area (Å²) in [4.78, 5) is 11.0. The van der Waals surface area contributed by atoms with Crippen LogP contribution >= 0.6 is 0 Å². The minimum atomic E-state index is -0.315. The molecule has 2 rings (SSSR count). The smallest absolute Gasteiger partial charge is 0.305 e. The molecule has 0 radical (unpaired) electrons. The summed E-state index contributed by atoms with van der Waals surface area (Å²) in [6.45, 7) is 0.800. The van der Waals surface area contributed by atoms with Gasteiger partial charge in [-0.05, 0) is 31.2 Å². The Balaban J connectivity index is 1.95. The lowest BCUT2D eigenvalue weighted by Gasteiger charge is -2.06. The Hall–Kier alpha value is -1.29. The maximum absolute atomic E-state index is 11.0. The molecule has 1 atom stereocenters. The van der Waals surface area contributed by atoms with Gasteiger partial charge in [0.15, 0.2) is 0 Å². The van der Waals surface area contributed by atoms with Crippen molar-refractivity contribution < 1.29 is 14.6 Å². The molecule has 0 fully saturated rings. The summed E-state index contributed by atoms with van der Waals surface area (Å²) < 4.78 is 6.70.